The summed E-state index contributed by atoms with van der Waals surface area (Å²) in [5.41, 5.74) is 0.271. The van der Waals surface area contributed by atoms with E-state index < -0.39 is 34.1 Å². The van der Waals surface area contributed by atoms with E-state index in [9.17, 15) is 18.0 Å². The quantitative estimate of drug-likeness (QED) is 0.412. The Morgan fingerprint density at radius 3 is 2.16 bits per heavy atom. The van der Waals surface area contributed by atoms with Crippen LogP contribution in [-0.2, 0) is 26.2 Å². The second-order valence-electron chi connectivity index (χ2n) is 9.52. The van der Waals surface area contributed by atoms with E-state index >= 15 is 0 Å². The first kappa shape index (κ1) is 31.0. The second kappa shape index (κ2) is 12.6. The molecule has 37 heavy (non-hydrogen) atoms. The van der Waals surface area contributed by atoms with E-state index in [0.717, 1.165) is 10.6 Å². The molecular weight excluding hydrogens is 561 g/mol. The number of amides is 2. The summed E-state index contributed by atoms with van der Waals surface area (Å²) >= 11 is 18.4. The van der Waals surface area contributed by atoms with Crippen molar-refractivity contribution in [2.24, 2.45) is 0 Å². The molecule has 0 saturated heterocycles. The van der Waals surface area contributed by atoms with Gasteiger partial charge in [-0.25, -0.2) is 8.42 Å². The third kappa shape index (κ3) is 8.67. The normalized spacial score (nSPS) is 12.6. The van der Waals surface area contributed by atoms with E-state index in [0.29, 0.717) is 27.8 Å². The highest BCUT2D eigenvalue weighted by Gasteiger charge is 2.33. The Labute approximate surface area is 233 Å². The molecule has 2 amide bonds. The first-order chi connectivity index (χ1) is 17.1. The highest BCUT2D eigenvalue weighted by Crippen LogP contribution is 2.30. The van der Waals surface area contributed by atoms with Crippen molar-refractivity contribution in [1.82, 2.24) is 10.2 Å². The third-order valence-corrected chi connectivity index (χ3v) is 7.50. The van der Waals surface area contributed by atoms with Crippen molar-refractivity contribution in [3.05, 3.63) is 57.0 Å². The van der Waals surface area contributed by atoms with Crippen LogP contribution in [0.5, 0.6) is 5.75 Å². The van der Waals surface area contributed by atoms with Gasteiger partial charge in [-0.1, -0.05) is 47.8 Å². The number of hydrogen-bond acceptors (Lipinski definition) is 5. The molecule has 0 aliphatic rings. The molecule has 0 saturated carbocycles. The molecule has 2 rings (SSSR count). The summed E-state index contributed by atoms with van der Waals surface area (Å²) in [5, 5.41) is 3.73. The highest BCUT2D eigenvalue weighted by atomic mass is 35.5. The molecule has 0 radical (unpaired) electrons. The van der Waals surface area contributed by atoms with Crippen LogP contribution in [0.3, 0.4) is 0 Å². The fraction of sp³-hybridized carbons (Fsp3) is 0.440. The Bertz CT molecular complexity index is 1250. The van der Waals surface area contributed by atoms with Gasteiger partial charge in [0.25, 0.3) is 0 Å². The minimum Gasteiger partial charge on any atom is -0.495 e. The summed E-state index contributed by atoms with van der Waals surface area (Å²) in [6.45, 7) is 6.74. The molecule has 0 aliphatic carbocycles. The lowest BCUT2D eigenvalue weighted by molar-refractivity contribution is -0.141. The number of anilines is 1. The van der Waals surface area contributed by atoms with Gasteiger partial charge in [-0.3, -0.25) is 13.9 Å². The van der Waals surface area contributed by atoms with Crippen LogP contribution < -0.4 is 14.4 Å². The summed E-state index contributed by atoms with van der Waals surface area (Å²) < 4.78 is 31.5. The highest BCUT2D eigenvalue weighted by molar-refractivity contribution is 7.92. The number of methoxy groups -OCH3 is 1. The van der Waals surface area contributed by atoms with Gasteiger partial charge in [0, 0.05) is 12.1 Å². The van der Waals surface area contributed by atoms with Gasteiger partial charge in [-0.15, -0.1) is 0 Å². The summed E-state index contributed by atoms with van der Waals surface area (Å²) in [4.78, 5) is 28.3. The molecule has 0 aliphatic heterocycles. The summed E-state index contributed by atoms with van der Waals surface area (Å²) in [7, 11) is -2.46. The minimum atomic E-state index is -3.90. The molecule has 2 aromatic carbocycles. The molecule has 1 N–H and O–H groups in total. The fourth-order valence-electron chi connectivity index (χ4n) is 3.63. The van der Waals surface area contributed by atoms with Crippen molar-refractivity contribution in [2.75, 3.05) is 24.2 Å². The van der Waals surface area contributed by atoms with Gasteiger partial charge in [-0.05, 0) is 63.1 Å². The first-order valence-electron chi connectivity index (χ1n) is 11.4. The smallest absolute Gasteiger partial charge is 0.244 e. The monoisotopic (exact) mass is 591 g/mol. The Morgan fingerprint density at radius 1 is 1.03 bits per heavy atom. The van der Waals surface area contributed by atoms with Crippen molar-refractivity contribution < 1.29 is 22.7 Å². The first-order valence-corrected chi connectivity index (χ1v) is 14.4. The standard InChI is InChI=1S/C25H32Cl3N3O5S/c1-7-21(24(33)29-25(2,3)4)30(14-16-8-10-18(26)19(27)12-16)23(32)15-31(37(6,34)35)17-9-11-22(36-5)20(28)13-17/h8-13,21H,7,14-15H2,1-6H3,(H,29,33). The molecule has 1 unspecified atom stereocenters. The number of sulfonamides is 1. The van der Waals surface area contributed by atoms with Gasteiger partial charge in [0.15, 0.2) is 0 Å². The van der Waals surface area contributed by atoms with E-state index in [1.807, 2.05) is 20.8 Å². The van der Waals surface area contributed by atoms with Crippen LogP contribution in [0.1, 0.15) is 39.7 Å². The number of nitrogens with one attached hydrogen (secondary N) is 1. The van der Waals surface area contributed by atoms with Crippen LogP contribution in [0.25, 0.3) is 0 Å². The molecule has 204 valence electrons. The summed E-state index contributed by atoms with van der Waals surface area (Å²) in [5.74, 6) is -0.586. The number of halogens is 3. The number of hydrogen-bond donors (Lipinski definition) is 1. The van der Waals surface area contributed by atoms with Crippen LogP contribution in [0.2, 0.25) is 15.1 Å². The lowest BCUT2D eigenvalue weighted by atomic mass is 10.1. The average Bonchev–Trinajstić information content (AvgIpc) is 2.77. The zero-order valence-electron chi connectivity index (χ0n) is 21.6. The van der Waals surface area contributed by atoms with Crippen molar-refractivity contribution in [1.29, 1.82) is 0 Å². The van der Waals surface area contributed by atoms with E-state index in [1.54, 1.807) is 25.1 Å². The number of benzene rings is 2. The molecule has 12 heteroatoms. The fourth-order valence-corrected chi connectivity index (χ4v) is 5.05. The number of carbonyl (C=O) groups is 2. The number of nitrogens with zero attached hydrogens (tertiary/aromatic N) is 2. The topological polar surface area (TPSA) is 96.0 Å². The minimum absolute atomic E-state index is 0.00671. The van der Waals surface area contributed by atoms with Crippen LogP contribution in [-0.4, -0.2) is 56.6 Å². The largest absolute Gasteiger partial charge is 0.495 e. The molecule has 0 fully saturated rings. The maximum atomic E-state index is 13.7. The van der Waals surface area contributed by atoms with E-state index in [1.165, 1.54) is 30.2 Å². The van der Waals surface area contributed by atoms with Gasteiger partial charge in [0.1, 0.15) is 18.3 Å². The molecule has 2 aromatic rings. The zero-order chi connectivity index (χ0) is 28.1. The number of carbonyl (C=O) groups excluding carboxylic acids is 2. The lowest BCUT2D eigenvalue weighted by Crippen LogP contribution is -2.55. The van der Waals surface area contributed by atoms with Crippen molar-refractivity contribution >= 4 is 62.3 Å². The maximum Gasteiger partial charge on any atom is 0.244 e. The van der Waals surface area contributed by atoms with Crippen LogP contribution in [0.15, 0.2) is 36.4 Å². The van der Waals surface area contributed by atoms with Crippen LogP contribution >= 0.6 is 34.8 Å². The lowest BCUT2D eigenvalue weighted by Gasteiger charge is -2.34. The Balaban J connectivity index is 2.51. The van der Waals surface area contributed by atoms with E-state index in [2.05, 4.69) is 5.32 Å². The molecule has 0 spiro atoms. The zero-order valence-corrected chi connectivity index (χ0v) is 24.7. The Kier molecular flexibility index (Phi) is 10.5. The van der Waals surface area contributed by atoms with E-state index in [-0.39, 0.29) is 23.2 Å². The van der Waals surface area contributed by atoms with Crippen molar-refractivity contribution in [3.8, 4) is 5.75 Å². The Hall–Kier alpha value is -2.20. The average molecular weight is 593 g/mol. The van der Waals surface area contributed by atoms with E-state index in [4.69, 9.17) is 39.5 Å². The maximum absolute atomic E-state index is 13.7. The van der Waals surface area contributed by atoms with Crippen molar-refractivity contribution in [3.63, 3.8) is 0 Å². The molecule has 0 aromatic heterocycles. The number of ether oxygens (including phenoxy) is 1. The van der Waals surface area contributed by atoms with Crippen LogP contribution in [0.4, 0.5) is 5.69 Å². The molecule has 1 atom stereocenters. The van der Waals surface area contributed by atoms with Gasteiger partial charge < -0.3 is 15.0 Å². The third-order valence-electron chi connectivity index (χ3n) is 5.32. The predicted octanol–water partition coefficient (Wildman–Crippen LogP) is 5.14. The summed E-state index contributed by atoms with van der Waals surface area (Å²) in [6.07, 6.45) is 1.29. The molecular formula is C25H32Cl3N3O5S. The van der Waals surface area contributed by atoms with Gasteiger partial charge >= 0.3 is 0 Å². The molecule has 8 nitrogen and oxygen atoms in total. The summed E-state index contributed by atoms with van der Waals surface area (Å²) in [6, 6.07) is 8.44. The Morgan fingerprint density at radius 2 is 1.68 bits per heavy atom. The van der Waals surface area contributed by atoms with Gasteiger partial charge in [0.2, 0.25) is 21.8 Å². The molecule has 0 bridgehead atoms. The number of rotatable bonds is 10. The SMILES string of the molecule is CCC(C(=O)NC(C)(C)C)N(Cc1ccc(Cl)c(Cl)c1)C(=O)CN(c1ccc(OC)c(Cl)c1)S(C)(=O)=O. The predicted molar refractivity (Wildman–Crippen MR) is 149 cm³/mol. The second-order valence-corrected chi connectivity index (χ2v) is 12.7. The van der Waals surface area contributed by atoms with Gasteiger partial charge in [0.05, 0.1) is 34.1 Å². The van der Waals surface area contributed by atoms with Gasteiger partial charge in [-0.2, -0.15) is 0 Å². The van der Waals surface area contributed by atoms with Crippen LogP contribution in [0, 0.1) is 0 Å². The molecule has 0 heterocycles. The van der Waals surface area contributed by atoms with Crippen molar-refractivity contribution in [2.45, 2.75) is 52.2 Å².